The lowest BCUT2D eigenvalue weighted by Crippen LogP contribution is -2.38. The first-order chi connectivity index (χ1) is 4.63. The zero-order valence-corrected chi connectivity index (χ0v) is 8.19. The highest BCUT2D eigenvalue weighted by Gasteiger charge is 2.26. The van der Waals surface area contributed by atoms with Gasteiger partial charge in [0.25, 0.3) is 0 Å². The molecule has 0 saturated carbocycles. The molecule has 0 unspecified atom stereocenters. The number of hydrogen-bond acceptors (Lipinski definition) is 2. The van der Waals surface area contributed by atoms with Crippen molar-refractivity contribution in [1.29, 1.82) is 0 Å². The lowest BCUT2D eigenvalue weighted by molar-refractivity contribution is -0.127. The van der Waals surface area contributed by atoms with Gasteiger partial charge < -0.3 is 5.73 Å². The number of carbonyl (C=O) groups excluding carboxylic acids is 1. The minimum Gasteiger partial charge on any atom is -0.325 e. The molecule has 0 radical (unpaired) electrons. The van der Waals surface area contributed by atoms with Gasteiger partial charge in [-0.2, -0.15) is 0 Å². The van der Waals surface area contributed by atoms with Crippen molar-refractivity contribution in [3.8, 4) is 0 Å². The largest absolute Gasteiger partial charge is 0.325 e. The average molecular weight is 157 g/mol. The van der Waals surface area contributed by atoms with Gasteiger partial charge in [-0.25, -0.2) is 0 Å². The Hall–Kier alpha value is -0.370. The van der Waals surface area contributed by atoms with Crippen LogP contribution in [0.4, 0.5) is 0 Å². The van der Waals surface area contributed by atoms with Crippen LogP contribution in [0.2, 0.25) is 0 Å². The minimum absolute atomic E-state index is 0.227. The first kappa shape index (κ1) is 10.6. The molecular weight excluding hydrogens is 138 g/mol. The molecule has 0 aliphatic heterocycles. The minimum atomic E-state index is -0.371. The Morgan fingerprint density at radius 2 is 1.55 bits per heavy atom. The summed E-state index contributed by atoms with van der Waals surface area (Å²) >= 11 is 0. The summed E-state index contributed by atoms with van der Waals surface area (Å²) in [4.78, 5) is 11.4. The predicted molar refractivity (Wildman–Crippen MR) is 47.3 cm³/mol. The van der Waals surface area contributed by atoms with Gasteiger partial charge in [-0.1, -0.05) is 20.8 Å². The van der Waals surface area contributed by atoms with Gasteiger partial charge in [0.05, 0.1) is 0 Å². The van der Waals surface area contributed by atoms with Gasteiger partial charge >= 0.3 is 0 Å². The summed E-state index contributed by atoms with van der Waals surface area (Å²) in [5, 5.41) is 0. The van der Waals surface area contributed by atoms with Crippen molar-refractivity contribution in [3.63, 3.8) is 0 Å². The molecule has 0 spiro atoms. The van der Waals surface area contributed by atoms with Gasteiger partial charge in [0, 0.05) is 17.4 Å². The molecule has 0 fully saturated rings. The lowest BCUT2D eigenvalue weighted by atomic mass is 9.84. The van der Waals surface area contributed by atoms with E-state index in [4.69, 9.17) is 5.73 Å². The second kappa shape index (κ2) is 2.94. The third-order valence-corrected chi connectivity index (χ3v) is 1.45. The van der Waals surface area contributed by atoms with Crippen LogP contribution in [0.15, 0.2) is 0 Å². The van der Waals surface area contributed by atoms with Crippen molar-refractivity contribution >= 4 is 5.78 Å². The van der Waals surface area contributed by atoms with Crippen LogP contribution in [0.5, 0.6) is 0 Å². The Morgan fingerprint density at radius 1 is 1.18 bits per heavy atom. The van der Waals surface area contributed by atoms with E-state index in [1.807, 2.05) is 34.6 Å². The molecule has 2 N–H and O–H groups in total. The molecule has 0 aromatic rings. The predicted octanol–water partition coefficient (Wildman–Crippen LogP) is 1.73. The SMILES string of the molecule is CC(C)(N)CC(=O)C(C)(C)C. The second-order valence-corrected chi connectivity index (χ2v) is 4.84. The third kappa shape index (κ3) is 4.96. The molecule has 0 aromatic carbocycles. The maximum Gasteiger partial charge on any atom is 0.140 e. The van der Waals surface area contributed by atoms with E-state index < -0.39 is 0 Å². The highest BCUT2D eigenvalue weighted by atomic mass is 16.1. The molecule has 0 amide bonds. The zero-order valence-electron chi connectivity index (χ0n) is 8.19. The molecule has 11 heavy (non-hydrogen) atoms. The highest BCUT2D eigenvalue weighted by Crippen LogP contribution is 2.20. The molecule has 0 bridgehead atoms. The number of rotatable bonds is 2. The number of Topliss-reactive ketones (excluding diaryl/α,β-unsaturated/α-hetero) is 1. The summed E-state index contributed by atoms with van der Waals surface area (Å²) in [5.41, 5.74) is 5.09. The maximum absolute atomic E-state index is 11.4. The van der Waals surface area contributed by atoms with Gasteiger partial charge in [-0.15, -0.1) is 0 Å². The quantitative estimate of drug-likeness (QED) is 0.663. The molecule has 0 atom stereocenters. The van der Waals surface area contributed by atoms with Crippen LogP contribution in [0.1, 0.15) is 41.0 Å². The van der Waals surface area contributed by atoms with E-state index >= 15 is 0 Å². The number of nitrogens with two attached hydrogens (primary N) is 1. The maximum atomic E-state index is 11.4. The van der Waals surface area contributed by atoms with Crippen molar-refractivity contribution in [2.75, 3.05) is 0 Å². The van der Waals surface area contributed by atoms with Gasteiger partial charge in [0.2, 0.25) is 0 Å². The van der Waals surface area contributed by atoms with Crippen LogP contribution in [0.25, 0.3) is 0 Å². The molecule has 2 heteroatoms. The Morgan fingerprint density at radius 3 is 1.64 bits per heavy atom. The van der Waals surface area contributed by atoms with Gasteiger partial charge in [-0.3, -0.25) is 4.79 Å². The van der Waals surface area contributed by atoms with E-state index in [2.05, 4.69) is 0 Å². The molecule has 2 nitrogen and oxygen atoms in total. The topological polar surface area (TPSA) is 43.1 Å². The molecule has 0 aromatic heterocycles. The average Bonchev–Trinajstić information content (AvgIpc) is 1.56. The van der Waals surface area contributed by atoms with Crippen molar-refractivity contribution in [2.45, 2.75) is 46.6 Å². The Kier molecular flexibility index (Phi) is 2.84. The smallest absolute Gasteiger partial charge is 0.140 e. The van der Waals surface area contributed by atoms with Gasteiger partial charge in [0.1, 0.15) is 5.78 Å². The fourth-order valence-corrected chi connectivity index (χ4v) is 0.679. The number of ketones is 1. The monoisotopic (exact) mass is 157 g/mol. The molecule has 0 saturated heterocycles. The van der Waals surface area contributed by atoms with Gasteiger partial charge in [-0.05, 0) is 13.8 Å². The zero-order chi connectivity index (χ0) is 9.28. The van der Waals surface area contributed by atoms with Crippen LogP contribution in [0.3, 0.4) is 0 Å². The van der Waals surface area contributed by atoms with E-state index in [1.54, 1.807) is 0 Å². The molecule has 66 valence electrons. The van der Waals surface area contributed by atoms with Crippen molar-refractivity contribution in [3.05, 3.63) is 0 Å². The molecule has 0 aliphatic rings. The summed E-state index contributed by atoms with van der Waals surface area (Å²) in [7, 11) is 0. The summed E-state index contributed by atoms with van der Waals surface area (Å²) < 4.78 is 0. The van der Waals surface area contributed by atoms with Crippen LogP contribution in [-0.2, 0) is 4.79 Å². The number of carbonyl (C=O) groups is 1. The standard InChI is InChI=1S/C9H19NO/c1-8(2,3)7(11)6-9(4,5)10/h6,10H2,1-5H3. The van der Waals surface area contributed by atoms with Crippen molar-refractivity contribution in [1.82, 2.24) is 0 Å². The van der Waals surface area contributed by atoms with Crippen LogP contribution in [0, 0.1) is 5.41 Å². The molecule has 0 aliphatic carbocycles. The Labute approximate surface area is 69.2 Å². The van der Waals surface area contributed by atoms with Crippen LogP contribution in [-0.4, -0.2) is 11.3 Å². The van der Waals surface area contributed by atoms with Crippen LogP contribution < -0.4 is 5.73 Å². The number of hydrogen-bond donors (Lipinski definition) is 1. The summed E-state index contributed by atoms with van der Waals surface area (Å²) in [6.07, 6.45) is 0.455. The normalized spacial score (nSPS) is 13.3. The highest BCUT2D eigenvalue weighted by molar-refractivity contribution is 5.84. The van der Waals surface area contributed by atoms with E-state index in [0.717, 1.165) is 0 Å². The summed E-state index contributed by atoms with van der Waals surface area (Å²) in [6, 6.07) is 0. The first-order valence-electron chi connectivity index (χ1n) is 3.95. The fraction of sp³-hybridized carbons (Fsp3) is 0.889. The van der Waals surface area contributed by atoms with E-state index in [-0.39, 0.29) is 16.7 Å². The third-order valence-electron chi connectivity index (χ3n) is 1.45. The van der Waals surface area contributed by atoms with E-state index in [0.29, 0.717) is 6.42 Å². The summed E-state index contributed by atoms with van der Waals surface area (Å²) in [6.45, 7) is 9.50. The van der Waals surface area contributed by atoms with Gasteiger partial charge in [0.15, 0.2) is 0 Å². The van der Waals surface area contributed by atoms with Crippen LogP contribution >= 0.6 is 0 Å². The first-order valence-corrected chi connectivity index (χ1v) is 3.95. The van der Waals surface area contributed by atoms with Crippen molar-refractivity contribution in [2.24, 2.45) is 11.1 Å². The Balaban J connectivity index is 4.11. The fourth-order valence-electron chi connectivity index (χ4n) is 0.679. The van der Waals surface area contributed by atoms with E-state index in [1.165, 1.54) is 0 Å². The van der Waals surface area contributed by atoms with Crippen molar-refractivity contribution < 1.29 is 4.79 Å². The molecular formula is C9H19NO. The summed E-state index contributed by atoms with van der Waals surface area (Å²) in [5.74, 6) is 0.227. The second-order valence-electron chi connectivity index (χ2n) is 4.84. The molecule has 0 heterocycles. The lowest BCUT2D eigenvalue weighted by Gasteiger charge is -2.23. The molecule has 0 rings (SSSR count). The van der Waals surface area contributed by atoms with E-state index in [9.17, 15) is 4.79 Å². The Bertz CT molecular complexity index is 148.